The first-order chi connectivity index (χ1) is 14.3. The van der Waals surface area contributed by atoms with E-state index in [1.165, 1.54) is 12.1 Å². The number of alkyl halides is 4. The average Bonchev–Trinajstić information content (AvgIpc) is 2.72. The van der Waals surface area contributed by atoms with Crippen LogP contribution in [0.15, 0.2) is 51.7 Å². The second-order valence-electron chi connectivity index (χ2n) is 7.07. The minimum atomic E-state index is -4.42. The van der Waals surface area contributed by atoms with E-state index in [1.807, 2.05) is 0 Å². The third-order valence-corrected chi connectivity index (χ3v) is 5.42. The van der Waals surface area contributed by atoms with E-state index in [9.17, 15) is 18.0 Å². The highest BCUT2D eigenvalue weighted by molar-refractivity contribution is 9.09. The van der Waals surface area contributed by atoms with Crippen molar-refractivity contribution >= 4 is 26.9 Å². The molecule has 0 aliphatic rings. The molecule has 7 heteroatoms. The summed E-state index contributed by atoms with van der Waals surface area (Å²) in [4.78, 5) is 12.7. The maximum Gasteiger partial charge on any atom is 0.416 e. The first kappa shape index (κ1) is 22.4. The van der Waals surface area contributed by atoms with E-state index in [4.69, 9.17) is 9.15 Å². The molecule has 0 saturated carbocycles. The first-order valence-corrected chi connectivity index (χ1v) is 10.9. The van der Waals surface area contributed by atoms with Gasteiger partial charge < -0.3 is 9.15 Å². The number of benzene rings is 2. The van der Waals surface area contributed by atoms with Gasteiger partial charge in [-0.05, 0) is 44.0 Å². The molecule has 1 heterocycles. The molecule has 0 spiro atoms. The monoisotopic (exact) mass is 482 g/mol. The van der Waals surface area contributed by atoms with Crippen molar-refractivity contribution in [3.05, 3.63) is 63.8 Å². The summed E-state index contributed by atoms with van der Waals surface area (Å²) in [5.74, 6) is 0.849. The minimum absolute atomic E-state index is 0.215. The lowest BCUT2D eigenvalue weighted by Crippen LogP contribution is -2.08. The van der Waals surface area contributed by atoms with Gasteiger partial charge in [-0.25, -0.2) is 0 Å². The predicted molar refractivity (Wildman–Crippen MR) is 115 cm³/mol. The molecule has 0 atom stereocenters. The SMILES string of the molecule is Cc1c(-c2ccc(C(F)(F)F)cc2)oc2cc(OCCCCCCBr)ccc2c1=O. The van der Waals surface area contributed by atoms with Crippen LogP contribution in [0.4, 0.5) is 13.2 Å². The molecule has 30 heavy (non-hydrogen) atoms. The fourth-order valence-electron chi connectivity index (χ4n) is 3.18. The number of rotatable bonds is 8. The van der Waals surface area contributed by atoms with Gasteiger partial charge in [0.15, 0.2) is 5.43 Å². The van der Waals surface area contributed by atoms with Gasteiger partial charge in [0.25, 0.3) is 0 Å². The van der Waals surface area contributed by atoms with Crippen molar-refractivity contribution in [1.82, 2.24) is 0 Å². The number of halogens is 4. The van der Waals surface area contributed by atoms with Crippen LogP contribution in [0.25, 0.3) is 22.3 Å². The Labute approximate surface area is 181 Å². The molecule has 0 radical (unpaired) electrons. The van der Waals surface area contributed by atoms with Crippen LogP contribution in [-0.4, -0.2) is 11.9 Å². The summed E-state index contributed by atoms with van der Waals surface area (Å²) in [5, 5.41) is 1.41. The number of fused-ring (bicyclic) bond motifs is 1. The molecular formula is C23H22BrF3O3. The van der Waals surface area contributed by atoms with Gasteiger partial charge in [-0.15, -0.1) is 0 Å². The molecule has 0 aliphatic carbocycles. The third kappa shape index (κ3) is 5.25. The van der Waals surface area contributed by atoms with E-state index in [0.29, 0.717) is 34.5 Å². The molecule has 0 amide bonds. The van der Waals surface area contributed by atoms with Gasteiger partial charge in [0.2, 0.25) is 0 Å². The van der Waals surface area contributed by atoms with Crippen molar-refractivity contribution in [2.45, 2.75) is 38.8 Å². The molecule has 0 N–H and O–H groups in total. The fraction of sp³-hybridized carbons (Fsp3) is 0.348. The van der Waals surface area contributed by atoms with Crippen LogP contribution >= 0.6 is 15.9 Å². The van der Waals surface area contributed by atoms with Gasteiger partial charge in [0, 0.05) is 22.5 Å². The summed E-state index contributed by atoms with van der Waals surface area (Å²) in [6, 6.07) is 9.63. The summed E-state index contributed by atoms with van der Waals surface area (Å²) >= 11 is 3.41. The number of unbranched alkanes of at least 4 members (excludes halogenated alkanes) is 3. The first-order valence-electron chi connectivity index (χ1n) is 9.75. The largest absolute Gasteiger partial charge is 0.493 e. The molecule has 0 fully saturated rings. The van der Waals surface area contributed by atoms with Crippen molar-refractivity contribution in [1.29, 1.82) is 0 Å². The van der Waals surface area contributed by atoms with E-state index in [2.05, 4.69) is 15.9 Å². The van der Waals surface area contributed by atoms with Crippen LogP contribution in [-0.2, 0) is 6.18 Å². The Morgan fingerprint density at radius 1 is 1.00 bits per heavy atom. The van der Waals surface area contributed by atoms with Crippen LogP contribution in [0.3, 0.4) is 0 Å². The Balaban J connectivity index is 1.85. The molecule has 3 rings (SSSR count). The zero-order valence-corrected chi connectivity index (χ0v) is 18.1. The van der Waals surface area contributed by atoms with Gasteiger partial charge in [-0.3, -0.25) is 4.79 Å². The second-order valence-corrected chi connectivity index (χ2v) is 7.86. The molecule has 0 bridgehead atoms. The highest BCUT2D eigenvalue weighted by Crippen LogP contribution is 2.32. The lowest BCUT2D eigenvalue weighted by Gasteiger charge is -2.11. The Morgan fingerprint density at radius 2 is 1.70 bits per heavy atom. The average molecular weight is 483 g/mol. The molecule has 0 unspecified atom stereocenters. The summed E-state index contributed by atoms with van der Waals surface area (Å²) in [6.07, 6.45) is -0.145. The summed E-state index contributed by atoms with van der Waals surface area (Å²) in [6.45, 7) is 2.17. The topological polar surface area (TPSA) is 39.4 Å². The van der Waals surface area contributed by atoms with Crippen LogP contribution in [0, 0.1) is 6.92 Å². The summed E-state index contributed by atoms with van der Waals surface area (Å²) in [7, 11) is 0. The number of hydrogen-bond acceptors (Lipinski definition) is 3. The van der Waals surface area contributed by atoms with Crippen molar-refractivity contribution < 1.29 is 22.3 Å². The molecule has 160 valence electrons. The van der Waals surface area contributed by atoms with Crippen molar-refractivity contribution in [2.75, 3.05) is 11.9 Å². The van der Waals surface area contributed by atoms with Crippen LogP contribution in [0.1, 0.15) is 36.8 Å². The maximum absolute atomic E-state index is 12.8. The summed E-state index contributed by atoms with van der Waals surface area (Å²) in [5.41, 5.74) is 0.143. The molecule has 1 aromatic heterocycles. The molecule has 0 saturated heterocycles. The van der Waals surface area contributed by atoms with Gasteiger partial charge in [-0.2, -0.15) is 13.2 Å². The van der Waals surface area contributed by atoms with Crippen molar-refractivity contribution in [3.63, 3.8) is 0 Å². The molecule has 3 aromatic rings. The molecule has 2 aromatic carbocycles. The highest BCUT2D eigenvalue weighted by Gasteiger charge is 2.30. The zero-order chi connectivity index (χ0) is 21.7. The van der Waals surface area contributed by atoms with Gasteiger partial charge >= 0.3 is 6.18 Å². The Morgan fingerprint density at radius 3 is 2.37 bits per heavy atom. The highest BCUT2D eigenvalue weighted by atomic mass is 79.9. The van der Waals surface area contributed by atoms with Gasteiger partial charge in [0.05, 0.1) is 17.6 Å². The van der Waals surface area contributed by atoms with Crippen LogP contribution < -0.4 is 10.2 Å². The lowest BCUT2D eigenvalue weighted by molar-refractivity contribution is -0.137. The van der Waals surface area contributed by atoms with E-state index in [0.717, 1.165) is 43.1 Å². The van der Waals surface area contributed by atoms with Crippen molar-refractivity contribution in [3.8, 4) is 17.1 Å². The summed E-state index contributed by atoms with van der Waals surface area (Å²) < 4.78 is 50.1. The normalized spacial score (nSPS) is 11.8. The fourth-order valence-corrected chi connectivity index (χ4v) is 3.58. The Kier molecular flexibility index (Phi) is 7.23. The van der Waals surface area contributed by atoms with E-state index in [1.54, 1.807) is 25.1 Å². The molecule has 3 nitrogen and oxygen atoms in total. The zero-order valence-electron chi connectivity index (χ0n) is 16.5. The van der Waals surface area contributed by atoms with Crippen LogP contribution in [0.2, 0.25) is 0 Å². The second kappa shape index (κ2) is 9.69. The Hall–Kier alpha value is -2.28. The van der Waals surface area contributed by atoms with Crippen LogP contribution in [0.5, 0.6) is 5.75 Å². The van der Waals surface area contributed by atoms with E-state index < -0.39 is 11.7 Å². The van der Waals surface area contributed by atoms with Gasteiger partial charge in [0.1, 0.15) is 17.1 Å². The smallest absolute Gasteiger partial charge is 0.416 e. The van der Waals surface area contributed by atoms with Gasteiger partial charge in [-0.1, -0.05) is 40.9 Å². The number of hydrogen-bond donors (Lipinski definition) is 0. The third-order valence-electron chi connectivity index (χ3n) is 4.86. The predicted octanol–water partition coefficient (Wildman–Crippen LogP) is 7.12. The van der Waals surface area contributed by atoms with E-state index >= 15 is 0 Å². The van der Waals surface area contributed by atoms with Crippen molar-refractivity contribution in [2.24, 2.45) is 0 Å². The maximum atomic E-state index is 12.8. The quantitative estimate of drug-likeness (QED) is 0.253. The number of ether oxygens (including phenoxy) is 1. The Bertz CT molecular complexity index is 1060. The standard InChI is InChI=1S/C23H22BrF3O3/c1-15-21(28)19-11-10-18(29-13-5-3-2-4-12-24)14-20(19)30-22(15)16-6-8-17(9-7-16)23(25,26)27/h6-11,14H,2-5,12-13H2,1H3. The molecule has 0 aliphatic heterocycles. The molecular weight excluding hydrogens is 461 g/mol. The minimum Gasteiger partial charge on any atom is -0.493 e. The lowest BCUT2D eigenvalue weighted by atomic mass is 10.0. The van der Waals surface area contributed by atoms with E-state index in [-0.39, 0.29) is 11.2 Å².